The van der Waals surface area contributed by atoms with Gasteiger partial charge < -0.3 is 9.72 Å². The maximum atomic E-state index is 12.1. The summed E-state index contributed by atoms with van der Waals surface area (Å²) in [6, 6.07) is 5.74. The van der Waals surface area contributed by atoms with E-state index in [-0.39, 0.29) is 12.2 Å². The number of fused-ring (bicyclic) bond motifs is 1. The molecule has 20 heavy (non-hydrogen) atoms. The third-order valence-corrected chi connectivity index (χ3v) is 3.80. The zero-order valence-corrected chi connectivity index (χ0v) is 12.4. The lowest BCUT2D eigenvalue weighted by molar-refractivity contribution is -0.186. The highest BCUT2D eigenvalue weighted by Crippen LogP contribution is 2.22. The maximum Gasteiger partial charge on any atom is 0.277 e. The van der Waals surface area contributed by atoms with Gasteiger partial charge in [0.1, 0.15) is 0 Å². The lowest BCUT2D eigenvalue weighted by atomic mass is 10.2. The highest BCUT2D eigenvalue weighted by Gasteiger charge is 2.18. The average Bonchev–Trinajstić information content (AvgIpc) is 2.89. The normalized spacial score (nSPS) is 19.1. The number of hydrogen-bond donors (Lipinski definition) is 2. The Balaban J connectivity index is 1.70. The van der Waals surface area contributed by atoms with E-state index in [0.717, 1.165) is 34.6 Å². The Labute approximate surface area is 124 Å². The van der Waals surface area contributed by atoms with Gasteiger partial charge in [0.15, 0.2) is 6.29 Å². The Morgan fingerprint density at radius 1 is 1.45 bits per heavy atom. The number of hydrogen-bond acceptors (Lipinski definition) is 3. The molecule has 106 valence electrons. The van der Waals surface area contributed by atoms with Crippen LogP contribution in [0.5, 0.6) is 0 Å². The van der Waals surface area contributed by atoms with Gasteiger partial charge in [-0.05, 0) is 31.0 Å². The van der Waals surface area contributed by atoms with Gasteiger partial charge in [-0.2, -0.15) is 0 Å². The minimum Gasteiger partial charge on any atom is -0.360 e. The number of amides is 1. The van der Waals surface area contributed by atoms with Gasteiger partial charge in [-0.3, -0.25) is 4.79 Å². The quantitative estimate of drug-likeness (QED) is 0.845. The molecule has 0 aliphatic carbocycles. The van der Waals surface area contributed by atoms with Crippen LogP contribution in [-0.2, 0) is 9.57 Å². The minimum atomic E-state index is -0.343. The summed E-state index contributed by atoms with van der Waals surface area (Å²) in [5.41, 5.74) is 3.93. The SMILES string of the molecule is O=C(NO[C@H]1CCCCO1)c1c[nH]c2ccc(Br)cc12. The Hall–Kier alpha value is -1.37. The van der Waals surface area contributed by atoms with Crippen molar-refractivity contribution in [3.63, 3.8) is 0 Å². The second kappa shape index (κ2) is 5.95. The topological polar surface area (TPSA) is 63.4 Å². The molecule has 0 bridgehead atoms. The lowest BCUT2D eigenvalue weighted by Crippen LogP contribution is -2.33. The van der Waals surface area contributed by atoms with E-state index in [0.29, 0.717) is 12.2 Å². The molecule has 1 aliphatic heterocycles. The van der Waals surface area contributed by atoms with Gasteiger partial charge in [0.05, 0.1) is 5.56 Å². The van der Waals surface area contributed by atoms with E-state index >= 15 is 0 Å². The second-order valence-corrected chi connectivity index (χ2v) is 5.65. The number of ether oxygens (including phenoxy) is 1. The third kappa shape index (κ3) is 2.87. The molecule has 1 aromatic heterocycles. The number of halogens is 1. The Bertz CT molecular complexity index is 620. The van der Waals surface area contributed by atoms with E-state index in [2.05, 4.69) is 26.4 Å². The molecule has 0 unspecified atom stereocenters. The summed E-state index contributed by atoms with van der Waals surface area (Å²) in [6.45, 7) is 0.681. The largest absolute Gasteiger partial charge is 0.360 e. The molecular formula is C14H15BrN2O3. The fraction of sp³-hybridized carbons (Fsp3) is 0.357. The summed E-state index contributed by atoms with van der Waals surface area (Å²) < 4.78 is 6.33. The highest BCUT2D eigenvalue weighted by atomic mass is 79.9. The van der Waals surface area contributed by atoms with E-state index in [1.165, 1.54) is 0 Å². The summed E-state index contributed by atoms with van der Waals surface area (Å²) in [4.78, 5) is 20.5. The van der Waals surface area contributed by atoms with Crippen LogP contribution in [0.15, 0.2) is 28.9 Å². The lowest BCUT2D eigenvalue weighted by Gasteiger charge is -2.21. The van der Waals surface area contributed by atoms with Gasteiger partial charge in [-0.1, -0.05) is 15.9 Å². The van der Waals surface area contributed by atoms with Gasteiger partial charge in [-0.15, -0.1) is 0 Å². The summed E-state index contributed by atoms with van der Waals surface area (Å²) in [7, 11) is 0. The third-order valence-electron chi connectivity index (χ3n) is 3.31. The number of carbonyl (C=O) groups is 1. The van der Waals surface area contributed by atoms with Gasteiger partial charge in [0, 0.05) is 34.6 Å². The molecule has 2 aromatic rings. The van der Waals surface area contributed by atoms with Crippen LogP contribution >= 0.6 is 15.9 Å². The number of H-pyrrole nitrogens is 1. The minimum absolute atomic E-state index is 0.275. The van der Waals surface area contributed by atoms with Crippen LogP contribution in [0.4, 0.5) is 0 Å². The van der Waals surface area contributed by atoms with Crippen molar-refractivity contribution in [2.45, 2.75) is 25.6 Å². The highest BCUT2D eigenvalue weighted by molar-refractivity contribution is 9.10. The van der Waals surface area contributed by atoms with Crippen molar-refractivity contribution in [2.75, 3.05) is 6.61 Å². The first-order chi connectivity index (χ1) is 9.74. The summed E-state index contributed by atoms with van der Waals surface area (Å²) in [5, 5.41) is 0.852. The molecule has 0 saturated carbocycles. The van der Waals surface area contributed by atoms with Crippen LogP contribution in [0, 0.1) is 0 Å². The fourth-order valence-electron chi connectivity index (χ4n) is 2.26. The van der Waals surface area contributed by atoms with E-state index in [9.17, 15) is 4.79 Å². The van der Waals surface area contributed by atoms with Crippen LogP contribution in [0.1, 0.15) is 29.6 Å². The molecule has 2 heterocycles. The number of aromatic nitrogens is 1. The zero-order valence-electron chi connectivity index (χ0n) is 10.8. The van der Waals surface area contributed by atoms with Crippen molar-refractivity contribution in [1.29, 1.82) is 0 Å². The van der Waals surface area contributed by atoms with Crippen LogP contribution in [0.2, 0.25) is 0 Å². The van der Waals surface area contributed by atoms with Crippen molar-refractivity contribution in [3.05, 3.63) is 34.4 Å². The Morgan fingerprint density at radius 2 is 2.35 bits per heavy atom. The molecule has 0 radical (unpaired) electrons. The molecule has 1 saturated heterocycles. The molecular weight excluding hydrogens is 324 g/mol. The van der Waals surface area contributed by atoms with E-state index < -0.39 is 0 Å². The first-order valence-corrected chi connectivity index (χ1v) is 7.37. The predicted octanol–water partition coefficient (Wildman–Crippen LogP) is 3.12. The number of aromatic amines is 1. The molecule has 1 aliphatic rings. The Morgan fingerprint density at radius 3 is 3.15 bits per heavy atom. The van der Waals surface area contributed by atoms with E-state index in [1.54, 1.807) is 6.20 Å². The van der Waals surface area contributed by atoms with Crippen molar-refractivity contribution in [3.8, 4) is 0 Å². The summed E-state index contributed by atoms with van der Waals surface area (Å²) >= 11 is 3.41. The Kier molecular flexibility index (Phi) is 4.05. The molecule has 3 rings (SSSR count). The first kappa shape index (κ1) is 13.6. The van der Waals surface area contributed by atoms with Crippen molar-refractivity contribution in [1.82, 2.24) is 10.5 Å². The molecule has 1 fully saturated rings. The fourth-order valence-corrected chi connectivity index (χ4v) is 2.62. The second-order valence-electron chi connectivity index (χ2n) is 4.74. The van der Waals surface area contributed by atoms with Crippen LogP contribution in [0.25, 0.3) is 10.9 Å². The maximum absolute atomic E-state index is 12.1. The molecule has 1 aromatic carbocycles. The zero-order chi connectivity index (χ0) is 13.9. The number of benzene rings is 1. The molecule has 5 nitrogen and oxygen atoms in total. The molecule has 0 spiro atoms. The van der Waals surface area contributed by atoms with Crippen molar-refractivity contribution < 1.29 is 14.4 Å². The number of rotatable bonds is 3. The van der Waals surface area contributed by atoms with Gasteiger partial charge >= 0.3 is 0 Å². The summed E-state index contributed by atoms with van der Waals surface area (Å²) in [6.07, 6.45) is 4.24. The van der Waals surface area contributed by atoms with Gasteiger partial charge in [0.25, 0.3) is 5.91 Å². The molecule has 1 atom stereocenters. The van der Waals surface area contributed by atoms with Crippen LogP contribution in [0.3, 0.4) is 0 Å². The monoisotopic (exact) mass is 338 g/mol. The van der Waals surface area contributed by atoms with Gasteiger partial charge in [0.2, 0.25) is 0 Å². The number of nitrogens with one attached hydrogen (secondary N) is 2. The van der Waals surface area contributed by atoms with E-state index in [1.807, 2.05) is 18.2 Å². The van der Waals surface area contributed by atoms with Crippen LogP contribution < -0.4 is 5.48 Å². The van der Waals surface area contributed by atoms with Crippen molar-refractivity contribution >= 4 is 32.7 Å². The smallest absolute Gasteiger partial charge is 0.277 e. The number of carbonyl (C=O) groups excluding carboxylic acids is 1. The standard InChI is InChI=1S/C14H15BrN2O3/c15-9-4-5-12-10(7-9)11(8-16-12)14(18)17-20-13-3-1-2-6-19-13/h4-5,7-8,13,16H,1-3,6H2,(H,17,18)/t13-/m0/s1. The molecule has 2 N–H and O–H groups in total. The summed E-state index contributed by atoms with van der Waals surface area (Å²) in [5.74, 6) is -0.275. The predicted molar refractivity (Wildman–Crippen MR) is 78.1 cm³/mol. The van der Waals surface area contributed by atoms with Gasteiger partial charge in [-0.25, -0.2) is 10.3 Å². The first-order valence-electron chi connectivity index (χ1n) is 6.58. The average molecular weight is 339 g/mol. The van der Waals surface area contributed by atoms with Crippen LogP contribution in [-0.4, -0.2) is 23.8 Å². The van der Waals surface area contributed by atoms with E-state index in [4.69, 9.17) is 9.57 Å². The number of hydroxylamine groups is 1. The molecule has 6 heteroatoms. The van der Waals surface area contributed by atoms with Crippen molar-refractivity contribution in [2.24, 2.45) is 0 Å². The molecule has 1 amide bonds.